The Morgan fingerprint density at radius 3 is 3.04 bits per heavy atom. The van der Waals surface area contributed by atoms with Gasteiger partial charge in [0.1, 0.15) is 17.2 Å². The molecule has 3 heterocycles. The first-order valence-corrected chi connectivity index (χ1v) is 9.66. The molecule has 0 saturated carbocycles. The van der Waals surface area contributed by atoms with Crippen molar-refractivity contribution >= 4 is 28.3 Å². The maximum atomic E-state index is 13.2. The van der Waals surface area contributed by atoms with Gasteiger partial charge in [-0.3, -0.25) is 4.79 Å². The van der Waals surface area contributed by atoms with Gasteiger partial charge >= 0.3 is 0 Å². The zero-order chi connectivity index (χ0) is 18.4. The van der Waals surface area contributed by atoms with Crippen molar-refractivity contribution in [3.63, 3.8) is 0 Å². The van der Waals surface area contributed by atoms with E-state index in [9.17, 15) is 4.79 Å². The Morgan fingerprint density at radius 1 is 1.33 bits per heavy atom. The van der Waals surface area contributed by atoms with E-state index in [4.69, 9.17) is 0 Å². The van der Waals surface area contributed by atoms with E-state index >= 15 is 0 Å². The molecule has 0 radical (unpaired) electrons. The van der Waals surface area contributed by atoms with Crippen molar-refractivity contribution < 1.29 is 4.79 Å². The van der Waals surface area contributed by atoms with Crippen LogP contribution in [-0.4, -0.2) is 36.1 Å². The second-order valence-electron chi connectivity index (χ2n) is 6.63. The number of hydrogen-bond donors (Lipinski definition) is 2. The van der Waals surface area contributed by atoms with Gasteiger partial charge < -0.3 is 10.3 Å². The number of carbonyl (C=O) groups excluding carboxylic acids is 1. The third-order valence-electron chi connectivity index (χ3n) is 4.85. The van der Waals surface area contributed by atoms with Crippen LogP contribution >= 0.6 is 11.3 Å². The van der Waals surface area contributed by atoms with E-state index in [-0.39, 0.29) is 11.9 Å². The van der Waals surface area contributed by atoms with Crippen LogP contribution in [0.15, 0.2) is 30.6 Å². The SMILES string of the molecule is C[C@@H](NC(=O)c1c(-n2cnnn2)sc2c1CCC2)c1nc2ccccc2[nH]1. The summed E-state index contributed by atoms with van der Waals surface area (Å²) < 4.78 is 1.57. The molecule has 1 aliphatic carbocycles. The number of imidazole rings is 1. The van der Waals surface area contributed by atoms with Crippen molar-refractivity contribution in [3.8, 4) is 5.00 Å². The van der Waals surface area contributed by atoms with Gasteiger partial charge in [-0.2, -0.15) is 4.68 Å². The predicted molar refractivity (Wildman–Crippen MR) is 101 cm³/mol. The molecule has 0 aliphatic heterocycles. The normalized spacial score (nSPS) is 14.4. The fraction of sp³-hybridized carbons (Fsp3) is 0.278. The Kier molecular flexibility index (Phi) is 3.75. The zero-order valence-corrected chi connectivity index (χ0v) is 15.5. The van der Waals surface area contributed by atoms with Gasteiger partial charge in [0.15, 0.2) is 0 Å². The molecule has 136 valence electrons. The standard InChI is InChI=1S/C18H17N7OS/c1-10(16-21-12-6-2-3-7-13(12)22-16)20-17(26)15-11-5-4-8-14(11)27-18(15)25-9-19-23-24-25/h2-3,6-7,9-10H,4-5,8H2,1H3,(H,20,26)(H,21,22)/t10-/m1/s1. The molecule has 1 amide bonds. The molecule has 1 aromatic carbocycles. The van der Waals surface area contributed by atoms with Crippen LogP contribution in [-0.2, 0) is 12.8 Å². The summed E-state index contributed by atoms with van der Waals surface area (Å²) >= 11 is 1.60. The van der Waals surface area contributed by atoms with Crippen molar-refractivity contribution in [2.75, 3.05) is 0 Å². The molecule has 0 unspecified atom stereocenters. The van der Waals surface area contributed by atoms with Crippen LogP contribution in [0.3, 0.4) is 0 Å². The Hall–Kier alpha value is -3.07. The molecule has 8 nitrogen and oxygen atoms in total. The summed E-state index contributed by atoms with van der Waals surface area (Å²) in [4.78, 5) is 22.3. The van der Waals surface area contributed by atoms with Gasteiger partial charge in [-0.05, 0) is 54.3 Å². The van der Waals surface area contributed by atoms with E-state index in [2.05, 4.69) is 30.8 Å². The van der Waals surface area contributed by atoms with E-state index in [0.717, 1.165) is 46.7 Å². The van der Waals surface area contributed by atoms with E-state index in [1.807, 2.05) is 31.2 Å². The van der Waals surface area contributed by atoms with E-state index in [1.54, 1.807) is 16.0 Å². The summed E-state index contributed by atoms with van der Waals surface area (Å²) in [7, 11) is 0. The first kappa shape index (κ1) is 16.1. The summed E-state index contributed by atoms with van der Waals surface area (Å²) in [6, 6.07) is 7.58. The van der Waals surface area contributed by atoms with Gasteiger partial charge in [-0.15, -0.1) is 16.4 Å². The number of amides is 1. The topological polar surface area (TPSA) is 101 Å². The van der Waals surface area contributed by atoms with Crippen LogP contribution < -0.4 is 5.32 Å². The summed E-state index contributed by atoms with van der Waals surface area (Å²) in [6.07, 6.45) is 4.52. The number of aromatic amines is 1. The number of tetrazole rings is 1. The van der Waals surface area contributed by atoms with Crippen LogP contribution in [0.5, 0.6) is 0 Å². The predicted octanol–water partition coefficient (Wildman–Crippen LogP) is 2.58. The Balaban J connectivity index is 1.47. The second kappa shape index (κ2) is 6.27. The Labute approximate surface area is 158 Å². The van der Waals surface area contributed by atoms with Gasteiger partial charge in [0.05, 0.1) is 22.6 Å². The highest BCUT2D eigenvalue weighted by atomic mass is 32.1. The van der Waals surface area contributed by atoms with Gasteiger partial charge in [0.25, 0.3) is 5.91 Å². The lowest BCUT2D eigenvalue weighted by Crippen LogP contribution is -2.28. The fourth-order valence-corrected chi connectivity index (χ4v) is 4.86. The van der Waals surface area contributed by atoms with Gasteiger partial charge in [0.2, 0.25) is 0 Å². The van der Waals surface area contributed by atoms with Crippen molar-refractivity contribution in [1.29, 1.82) is 0 Å². The van der Waals surface area contributed by atoms with Crippen molar-refractivity contribution in [2.45, 2.75) is 32.2 Å². The molecule has 0 bridgehead atoms. The third kappa shape index (κ3) is 2.71. The number of benzene rings is 1. The highest BCUT2D eigenvalue weighted by Crippen LogP contribution is 2.37. The zero-order valence-electron chi connectivity index (χ0n) is 14.6. The number of rotatable bonds is 4. The monoisotopic (exact) mass is 379 g/mol. The van der Waals surface area contributed by atoms with Crippen LogP contribution in [0, 0.1) is 0 Å². The number of aryl methyl sites for hydroxylation is 1. The quantitative estimate of drug-likeness (QED) is 0.567. The number of thiophene rings is 1. The lowest BCUT2D eigenvalue weighted by atomic mass is 10.1. The lowest BCUT2D eigenvalue weighted by molar-refractivity contribution is 0.0938. The van der Waals surface area contributed by atoms with Gasteiger partial charge in [0, 0.05) is 4.88 Å². The molecular formula is C18H17N7OS. The molecule has 1 aliphatic rings. The number of para-hydroxylation sites is 2. The lowest BCUT2D eigenvalue weighted by Gasteiger charge is -2.13. The van der Waals surface area contributed by atoms with Crippen LogP contribution in [0.25, 0.3) is 16.0 Å². The molecular weight excluding hydrogens is 362 g/mol. The smallest absolute Gasteiger partial charge is 0.255 e. The number of nitrogens with one attached hydrogen (secondary N) is 2. The number of hydrogen-bond acceptors (Lipinski definition) is 6. The maximum Gasteiger partial charge on any atom is 0.255 e. The molecule has 3 aromatic heterocycles. The highest BCUT2D eigenvalue weighted by Gasteiger charge is 2.29. The number of H-pyrrole nitrogens is 1. The Bertz CT molecular complexity index is 1100. The summed E-state index contributed by atoms with van der Waals surface area (Å²) in [5, 5.41) is 15.3. The molecule has 5 rings (SSSR count). The molecule has 4 aromatic rings. The average Bonchev–Trinajstić information content (AvgIpc) is 3.43. The highest BCUT2D eigenvalue weighted by molar-refractivity contribution is 7.15. The van der Waals surface area contributed by atoms with E-state index < -0.39 is 0 Å². The molecule has 27 heavy (non-hydrogen) atoms. The molecule has 9 heteroatoms. The molecule has 2 N–H and O–H groups in total. The maximum absolute atomic E-state index is 13.2. The third-order valence-corrected chi connectivity index (χ3v) is 6.13. The summed E-state index contributed by atoms with van der Waals surface area (Å²) in [5.41, 5.74) is 3.65. The summed E-state index contributed by atoms with van der Waals surface area (Å²) in [6.45, 7) is 1.93. The number of aromatic nitrogens is 6. The van der Waals surface area contributed by atoms with Crippen molar-refractivity contribution in [3.05, 3.63) is 52.4 Å². The number of nitrogens with zero attached hydrogens (tertiary/aromatic N) is 5. The minimum atomic E-state index is -0.247. The minimum Gasteiger partial charge on any atom is -0.342 e. The van der Waals surface area contributed by atoms with Crippen LogP contribution in [0.4, 0.5) is 0 Å². The van der Waals surface area contributed by atoms with Gasteiger partial charge in [-0.1, -0.05) is 12.1 Å². The first-order chi connectivity index (χ1) is 13.2. The Morgan fingerprint density at radius 2 is 2.22 bits per heavy atom. The first-order valence-electron chi connectivity index (χ1n) is 8.84. The second-order valence-corrected chi connectivity index (χ2v) is 7.71. The van der Waals surface area contributed by atoms with Crippen molar-refractivity contribution in [2.24, 2.45) is 0 Å². The largest absolute Gasteiger partial charge is 0.342 e. The molecule has 1 atom stereocenters. The summed E-state index contributed by atoms with van der Waals surface area (Å²) in [5.74, 6) is 0.619. The molecule has 0 fully saturated rings. The number of carbonyl (C=O) groups is 1. The molecule has 0 saturated heterocycles. The van der Waals surface area contributed by atoms with E-state index in [1.165, 1.54) is 11.2 Å². The molecule has 0 spiro atoms. The average molecular weight is 379 g/mol. The van der Waals surface area contributed by atoms with Crippen molar-refractivity contribution in [1.82, 2.24) is 35.5 Å². The van der Waals surface area contributed by atoms with E-state index in [0.29, 0.717) is 5.56 Å². The number of fused-ring (bicyclic) bond motifs is 2. The minimum absolute atomic E-state index is 0.118. The van der Waals surface area contributed by atoms with Gasteiger partial charge in [-0.25, -0.2) is 4.98 Å². The van der Waals surface area contributed by atoms with Crippen LogP contribution in [0.2, 0.25) is 0 Å². The van der Waals surface area contributed by atoms with Crippen LogP contribution in [0.1, 0.15) is 46.0 Å². The fourth-order valence-electron chi connectivity index (χ4n) is 3.55.